The van der Waals surface area contributed by atoms with Gasteiger partial charge in [0.05, 0.1) is 11.3 Å². The van der Waals surface area contributed by atoms with Crippen LogP contribution in [0.15, 0.2) is 42.5 Å². The molecular weight excluding hydrogens is 310 g/mol. The molecule has 2 aromatic carbocycles. The largest absolute Gasteiger partial charge is 0.478 e. The molecular formula is C18H19NO3S. The third kappa shape index (κ3) is 3.93. The lowest BCUT2D eigenvalue weighted by Gasteiger charge is -2.16. The second kappa shape index (κ2) is 7.33. The lowest BCUT2D eigenvalue weighted by molar-refractivity contribution is 0.0698. The Balaban J connectivity index is 2.36. The van der Waals surface area contributed by atoms with Crippen LogP contribution >= 0.6 is 12.6 Å². The number of carboxylic acid groups (broad SMARTS) is 1. The van der Waals surface area contributed by atoms with E-state index in [9.17, 15) is 14.7 Å². The highest BCUT2D eigenvalue weighted by atomic mass is 32.1. The van der Waals surface area contributed by atoms with Crippen molar-refractivity contribution >= 4 is 30.1 Å². The molecule has 2 aromatic rings. The van der Waals surface area contributed by atoms with E-state index in [2.05, 4.69) is 12.6 Å². The number of carboxylic acids is 1. The van der Waals surface area contributed by atoms with Crippen molar-refractivity contribution in [1.82, 2.24) is 0 Å². The molecule has 4 nitrogen and oxygen atoms in total. The minimum atomic E-state index is -1.13. The fourth-order valence-electron chi connectivity index (χ4n) is 2.54. The van der Waals surface area contributed by atoms with E-state index in [4.69, 9.17) is 5.73 Å². The molecule has 23 heavy (non-hydrogen) atoms. The van der Waals surface area contributed by atoms with Crippen LogP contribution in [0.5, 0.6) is 0 Å². The van der Waals surface area contributed by atoms with Crippen molar-refractivity contribution in [1.29, 1.82) is 0 Å². The summed E-state index contributed by atoms with van der Waals surface area (Å²) in [5.74, 6) is -1.30. The summed E-state index contributed by atoms with van der Waals surface area (Å²) < 4.78 is 0. The maximum absolute atomic E-state index is 12.8. The number of nitrogen functional groups attached to an aromatic ring is 1. The summed E-state index contributed by atoms with van der Waals surface area (Å²) in [5.41, 5.74) is 7.88. The molecule has 0 aliphatic carbocycles. The van der Waals surface area contributed by atoms with Gasteiger partial charge in [-0.3, -0.25) is 4.79 Å². The summed E-state index contributed by atoms with van der Waals surface area (Å²) in [6.07, 6.45) is 0.541. The normalized spacial score (nSPS) is 11.9. The third-order valence-corrected chi connectivity index (χ3v) is 4.18. The van der Waals surface area contributed by atoms with Crippen LogP contribution in [0.1, 0.15) is 31.8 Å². The first-order valence-corrected chi connectivity index (χ1v) is 7.89. The number of anilines is 1. The van der Waals surface area contributed by atoms with E-state index in [1.165, 1.54) is 6.07 Å². The molecule has 0 fully saturated rings. The molecule has 1 atom stereocenters. The lowest BCUT2D eigenvalue weighted by Crippen LogP contribution is -2.21. The van der Waals surface area contributed by atoms with Crippen LogP contribution in [0.25, 0.3) is 0 Å². The number of aromatic carboxylic acids is 1. The number of nitrogens with two attached hydrogens (primary N) is 1. The Hall–Kier alpha value is -2.27. The highest BCUT2D eigenvalue weighted by molar-refractivity contribution is 7.80. The van der Waals surface area contributed by atoms with Gasteiger partial charge in [0.2, 0.25) is 0 Å². The van der Waals surface area contributed by atoms with Crippen LogP contribution in [-0.4, -0.2) is 22.6 Å². The van der Waals surface area contributed by atoms with Gasteiger partial charge in [-0.05, 0) is 36.6 Å². The fourth-order valence-corrected chi connectivity index (χ4v) is 2.83. The topological polar surface area (TPSA) is 80.4 Å². The number of carbonyl (C=O) groups excluding carboxylic acids is 1. The molecule has 0 aliphatic rings. The van der Waals surface area contributed by atoms with Crippen LogP contribution in [0.2, 0.25) is 0 Å². The smallest absolute Gasteiger partial charge is 0.337 e. The van der Waals surface area contributed by atoms with Crippen LogP contribution in [-0.2, 0) is 6.42 Å². The number of carbonyl (C=O) groups is 2. The number of hydrogen-bond donors (Lipinski definition) is 3. The number of aryl methyl sites for hydroxylation is 1. The Bertz CT molecular complexity index is 729. The number of ketones is 1. The average Bonchev–Trinajstić information content (AvgIpc) is 2.54. The molecule has 120 valence electrons. The van der Waals surface area contributed by atoms with Gasteiger partial charge in [-0.1, -0.05) is 30.3 Å². The first-order valence-electron chi connectivity index (χ1n) is 7.26. The van der Waals surface area contributed by atoms with Crippen molar-refractivity contribution in [2.75, 3.05) is 11.5 Å². The first-order chi connectivity index (χ1) is 10.9. The molecule has 0 aliphatic heterocycles. The second-order valence-electron chi connectivity index (χ2n) is 5.51. The van der Waals surface area contributed by atoms with E-state index in [0.717, 1.165) is 5.56 Å². The number of rotatable bonds is 6. The van der Waals surface area contributed by atoms with Crippen molar-refractivity contribution in [2.45, 2.75) is 13.3 Å². The van der Waals surface area contributed by atoms with Crippen molar-refractivity contribution in [3.8, 4) is 0 Å². The van der Waals surface area contributed by atoms with Gasteiger partial charge in [0.25, 0.3) is 0 Å². The molecule has 0 aromatic heterocycles. The number of hydrogen-bond acceptors (Lipinski definition) is 4. The SMILES string of the molecule is Cc1cc(C(=O)O)c(N)c(C(=O)C(CS)Cc2ccccc2)c1. The maximum Gasteiger partial charge on any atom is 0.337 e. The third-order valence-electron chi connectivity index (χ3n) is 3.74. The van der Waals surface area contributed by atoms with Crippen molar-refractivity contribution in [3.63, 3.8) is 0 Å². The van der Waals surface area contributed by atoms with Gasteiger partial charge in [-0.2, -0.15) is 12.6 Å². The second-order valence-corrected chi connectivity index (χ2v) is 5.88. The van der Waals surface area contributed by atoms with E-state index in [-0.39, 0.29) is 28.5 Å². The quantitative estimate of drug-likeness (QED) is 0.432. The fraction of sp³-hybridized carbons (Fsp3) is 0.222. The summed E-state index contributed by atoms with van der Waals surface area (Å²) in [6.45, 7) is 1.75. The zero-order chi connectivity index (χ0) is 17.0. The minimum Gasteiger partial charge on any atom is -0.478 e. The van der Waals surface area contributed by atoms with E-state index in [0.29, 0.717) is 17.7 Å². The monoisotopic (exact) mass is 329 g/mol. The van der Waals surface area contributed by atoms with Crippen molar-refractivity contribution in [3.05, 3.63) is 64.7 Å². The lowest BCUT2D eigenvalue weighted by atomic mass is 9.90. The summed E-state index contributed by atoms with van der Waals surface area (Å²) in [6, 6.07) is 12.8. The van der Waals surface area contributed by atoms with Crippen molar-refractivity contribution in [2.24, 2.45) is 5.92 Å². The number of thiol groups is 1. The van der Waals surface area contributed by atoms with Gasteiger partial charge < -0.3 is 10.8 Å². The Morgan fingerprint density at radius 3 is 2.35 bits per heavy atom. The molecule has 0 saturated heterocycles. The van der Waals surface area contributed by atoms with Crippen LogP contribution < -0.4 is 5.73 Å². The van der Waals surface area contributed by atoms with Gasteiger partial charge in [0.15, 0.2) is 5.78 Å². The van der Waals surface area contributed by atoms with Crippen LogP contribution in [0.3, 0.4) is 0 Å². The van der Waals surface area contributed by atoms with Gasteiger partial charge in [-0.15, -0.1) is 0 Å². The molecule has 0 radical (unpaired) electrons. The molecule has 1 unspecified atom stereocenters. The molecule has 0 bridgehead atoms. The Kier molecular flexibility index (Phi) is 5.45. The molecule has 5 heteroatoms. The van der Waals surface area contributed by atoms with Crippen molar-refractivity contribution < 1.29 is 14.7 Å². The maximum atomic E-state index is 12.8. The summed E-state index contributed by atoms with van der Waals surface area (Å²) in [5, 5.41) is 9.22. The highest BCUT2D eigenvalue weighted by Gasteiger charge is 2.24. The average molecular weight is 329 g/mol. The molecule has 3 N–H and O–H groups in total. The summed E-state index contributed by atoms with van der Waals surface area (Å²) >= 11 is 4.28. The Morgan fingerprint density at radius 2 is 1.78 bits per heavy atom. The number of benzene rings is 2. The molecule has 0 saturated carbocycles. The Labute approximate surface area is 140 Å². The molecule has 0 amide bonds. The predicted octanol–water partition coefficient (Wildman–Crippen LogP) is 3.25. The molecule has 2 rings (SSSR count). The van der Waals surface area contributed by atoms with Gasteiger partial charge in [0, 0.05) is 17.2 Å². The molecule has 0 spiro atoms. The Morgan fingerprint density at radius 1 is 1.17 bits per heavy atom. The van der Waals surface area contributed by atoms with Gasteiger partial charge >= 0.3 is 5.97 Å². The van der Waals surface area contributed by atoms with Gasteiger partial charge in [-0.25, -0.2) is 4.79 Å². The highest BCUT2D eigenvalue weighted by Crippen LogP contribution is 2.25. The number of Topliss-reactive ketones (excluding diaryl/α,β-unsaturated/α-hetero) is 1. The van der Waals surface area contributed by atoms with Crippen LogP contribution in [0, 0.1) is 12.8 Å². The zero-order valence-corrected chi connectivity index (χ0v) is 13.7. The van der Waals surface area contributed by atoms with E-state index in [1.807, 2.05) is 30.3 Å². The van der Waals surface area contributed by atoms with E-state index in [1.54, 1.807) is 13.0 Å². The van der Waals surface area contributed by atoms with E-state index >= 15 is 0 Å². The predicted molar refractivity (Wildman–Crippen MR) is 94.4 cm³/mol. The molecule has 0 heterocycles. The van der Waals surface area contributed by atoms with Crippen LogP contribution in [0.4, 0.5) is 5.69 Å². The minimum absolute atomic E-state index is 0.0212. The zero-order valence-electron chi connectivity index (χ0n) is 12.8. The van der Waals surface area contributed by atoms with Gasteiger partial charge in [0.1, 0.15) is 0 Å². The first kappa shape index (κ1) is 17.1. The van der Waals surface area contributed by atoms with E-state index < -0.39 is 5.97 Å². The standard InChI is InChI=1S/C18H19NO3S/c1-11-7-14(16(19)15(8-11)18(21)22)17(20)13(10-23)9-12-5-3-2-4-6-12/h2-8,13,23H,9-10,19H2,1H3,(H,21,22). The summed E-state index contributed by atoms with van der Waals surface area (Å²) in [4.78, 5) is 24.1. The summed E-state index contributed by atoms with van der Waals surface area (Å²) in [7, 11) is 0.